The molecule has 3 aromatic carbocycles. The molecule has 0 aliphatic carbocycles. The Kier molecular flexibility index (Phi) is 5.65. The summed E-state index contributed by atoms with van der Waals surface area (Å²) in [6.07, 6.45) is 0. The van der Waals surface area contributed by atoms with Crippen LogP contribution in [0.1, 0.15) is 0 Å². The van der Waals surface area contributed by atoms with Crippen molar-refractivity contribution in [2.24, 2.45) is 4.52 Å². The van der Waals surface area contributed by atoms with Gasteiger partial charge in [-0.2, -0.15) is 0 Å². The average molecular weight is 410 g/mol. The van der Waals surface area contributed by atoms with Crippen LogP contribution in [0.5, 0.6) is 0 Å². The number of halogens is 2. The van der Waals surface area contributed by atoms with Crippen molar-refractivity contribution in [3.8, 4) is 0 Å². The molecule has 3 aromatic rings. The van der Waals surface area contributed by atoms with Gasteiger partial charge in [-0.1, -0.05) is 91.0 Å². The maximum atomic E-state index is 6.32. The first kappa shape index (κ1) is 17.9. The van der Waals surface area contributed by atoms with E-state index in [4.69, 9.17) is 38.8 Å². The Morgan fingerprint density at radius 2 is 0.875 bits per heavy atom. The summed E-state index contributed by atoms with van der Waals surface area (Å²) in [4.78, 5) is -2.83. The van der Waals surface area contributed by atoms with E-state index in [2.05, 4.69) is 36.4 Å². The number of rotatable bonds is 4. The van der Waals surface area contributed by atoms with Crippen molar-refractivity contribution in [3.05, 3.63) is 91.0 Å². The Morgan fingerprint density at radius 1 is 0.583 bits per heavy atom. The highest BCUT2D eigenvalue weighted by atomic mass is 35.9. The Bertz CT molecular complexity index is 806. The molecular formula is C18H15Cl2NP2S. The summed E-state index contributed by atoms with van der Waals surface area (Å²) in [6.45, 7) is 0. The Balaban J connectivity index is 2.48. The van der Waals surface area contributed by atoms with Crippen LogP contribution in [-0.2, 0) is 11.8 Å². The topological polar surface area (TPSA) is 12.4 Å². The third kappa shape index (κ3) is 3.85. The molecule has 0 unspecified atom stereocenters. The van der Waals surface area contributed by atoms with Gasteiger partial charge in [-0.05, 0) is 34.3 Å². The van der Waals surface area contributed by atoms with Crippen LogP contribution in [0.3, 0.4) is 0 Å². The van der Waals surface area contributed by atoms with Crippen LogP contribution in [-0.4, -0.2) is 0 Å². The summed E-state index contributed by atoms with van der Waals surface area (Å²) in [7, 11) is -2.37. The molecule has 0 aliphatic rings. The molecule has 0 heterocycles. The smallest absolute Gasteiger partial charge is 0.225 e. The van der Waals surface area contributed by atoms with Gasteiger partial charge in [-0.3, -0.25) is 0 Å². The Morgan fingerprint density at radius 3 is 1.12 bits per heavy atom. The summed E-state index contributed by atoms with van der Waals surface area (Å²) >= 11 is 18.0. The molecule has 0 saturated heterocycles. The van der Waals surface area contributed by atoms with Gasteiger partial charge in [0.25, 0.3) is 0 Å². The average Bonchev–Trinajstić information content (AvgIpc) is 2.61. The molecule has 0 aliphatic heterocycles. The highest BCUT2D eigenvalue weighted by Crippen LogP contribution is 2.66. The summed E-state index contributed by atoms with van der Waals surface area (Å²) in [6, 6.07) is 30.5. The van der Waals surface area contributed by atoms with Gasteiger partial charge in [0.15, 0.2) is 0 Å². The Hall–Kier alpha value is -0.880. The predicted molar refractivity (Wildman–Crippen MR) is 114 cm³/mol. The lowest BCUT2D eigenvalue weighted by Crippen LogP contribution is -2.25. The van der Waals surface area contributed by atoms with Gasteiger partial charge in [-0.25, -0.2) is 4.52 Å². The summed E-state index contributed by atoms with van der Waals surface area (Å²) < 4.78 is 4.92. The van der Waals surface area contributed by atoms with Crippen LogP contribution in [0.2, 0.25) is 0 Å². The molecule has 0 bridgehead atoms. The van der Waals surface area contributed by atoms with Crippen LogP contribution >= 0.6 is 34.4 Å². The van der Waals surface area contributed by atoms with Crippen LogP contribution < -0.4 is 15.9 Å². The van der Waals surface area contributed by atoms with E-state index in [-0.39, 0.29) is 0 Å². The molecule has 24 heavy (non-hydrogen) atoms. The maximum Gasteiger partial charge on any atom is 0.225 e. The highest BCUT2D eigenvalue weighted by molar-refractivity contribution is 8.39. The predicted octanol–water partition coefficient (Wildman–Crippen LogP) is 5.87. The van der Waals surface area contributed by atoms with E-state index < -0.39 is 11.9 Å². The van der Waals surface area contributed by atoms with E-state index in [1.807, 2.05) is 54.6 Å². The van der Waals surface area contributed by atoms with E-state index in [1.165, 1.54) is 0 Å². The normalized spacial score (nSPS) is 11.9. The molecule has 0 spiro atoms. The second kappa shape index (κ2) is 7.56. The van der Waals surface area contributed by atoms with Crippen molar-refractivity contribution in [1.29, 1.82) is 0 Å². The lowest BCUT2D eigenvalue weighted by Gasteiger charge is -2.27. The second-order valence-corrected chi connectivity index (χ2v) is 15.8. The summed E-state index contributed by atoms with van der Waals surface area (Å²) in [5.41, 5.74) is 0. The van der Waals surface area contributed by atoms with Gasteiger partial charge in [-0.15, -0.1) is 0 Å². The van der Waals surface area contributed by atoms with Gasteiger partial charge >= 0.3 is 0 Å². The first-order valence-electron chi connectivity index (χ1n) is 7.32. The maximum absolute atomic E-state index is 6.32. The third-order valence-electron chi connectivity index (χ3n) is 3.63. The molecule has 0 amide bonds. The fourth-order valence-electron chi connectivity index (χ4n) is 2.69. The van der Waals surface area contributed by atoms with Gasteiger partial charge in [0.05, 0.1) is 7.05 Å². The van der Waals surface area contributed by atoms with Crippen LogP contribution in [0.15, 0.2) is 95.5 Å². The molecule has 0 aromatic heterocycles. The van der Waals surface area contributed by atoms with Gasteiger partial charge in [0.2, 0.25) is 4.89 Å². The fraction of sp³-hybridized carbons (Fsp3) is 0. The fourth-order valence-corrected chi connectivity index (χ4v) is 10.7. The molecule has 0 saturated carbocycles. The first-order chi connectivity index (χ1) is 11.5. The zero-order valence-electron chi connectivity index (χ0n) is 12.7. The van der Waals surface area contributed by atoms with Crippen LogP contribution in [0.25, 0.3) is 0 Å². The van der Waals surface area contributed by atoms with E-state index in [1.54, 1.807) is 0 Å². The zero-order valence-corrected chi connectivity index (χ0v) is 16.8. The molecule has 0 fully saturated rings. The number of hydrogen-bond donors (Lipinski definition) is 0. The van der Waals surface area contributed by atoms with Gasteiger partial charge in [0, 0.05) is 15.9 Å². The standard InChI is InChI=1S/C18H15Cl2NP2S/c19-23(20,24)21-22(16-10-4-1-5-11-16,17-12-6-2-7-13-17)18-14-8-3-9-15-18/h1-15H. The van der Waals surface area contributed by atoms with E-state index >= 15 is 0 Å². The van der Waals surface area contributed by atoms with Gasteiger partial charge in [0.1, 0.15) is 0 Å². The molecule has 0 atom stereocenters. The molecule has 6 heteroatoms. The quantitative estimate of drug-likeness (QED) is 0.491. The van der Waals surface area contributed by atoms with Crippen molar-refractivity contribution < 1.29 is 0 Å². The molecule has 1 nitrogen and oxygen atoms in total. The SMILES string of the molecule is S=P(Cl)(Cl)N=P(c1ccccc1)(c1ccccc1)c1ccccc1. The Labute approximate surface area is 157 Å². The second-order valence-electron chi connectivity index (χ2n) is 5.17. The molecule has 0 radical (unpaired) electrons. The van der Waals surface area contributed by atoms with Crippen molar-refractivity contribution in [3.63, 3.8) is 0 Å². The number of nitrogens with zero attached hydrogens (tertiary/aromatic N) is 1. The monoisotopic (exact) mass is 409 g/mol. The lowest BCUT2D eigenvalue weighted by molar-refractivity contribution is 1.71. The van der Waals surface area contributed by atoms with Crippen molar-refractivity contribution in [1.82, 2.24) is 0 Å². The van der Waals surface area contributed by atoms with Crippen LogP contribution in [0.4, 0.5) is 0 Å². The molecule has 122 valence electrons. The van der Waals surface area contributed by atoms with E-state index in [9.17, 15) is 0 Å². The largest absolute Gasteiger partial charge is 0.229 e. The molecule has 3 rings (SSSR count). The van der Waals surface area contributed by atoms with Crippen molar-refractivity contribution >= 4 is 62.2 Å². The number of benzene rings is 3. The highest BCUT2D eigenvalue weighted by Gasteiger charge is 2.29. The third-order valence-corrected chi connectivity index (χ3v) is 10.5. The van der Waals surface area contributed by atoms with E-state index in [0.717, 1.165) is 15.9 Å². The minimum atomic E-state index is -2.83. The minimum absolute atomic E-state index is 1.10. The van der Waals surface area contributed by atoms with Crippen molar-refractivity contribution in [2.75, 3.05) is 0 Å². The van der Waals surface area contributed by atoms with Gasteiger partial charge < -0.3 is 0 Å². The molecular weight excluding hydrogens is 395 g/mol. The zero-order chi connectivity index (χ0) is 17.0. The lowest BCUT2D eigenvalue weighted by atomic mass is 10.4. The van der Waals surface area contributed by atoms with Crippen molar-refractivity contribution in [2.45, 2.75) is 0 Å². The summed E-state index contributed by atoms with van der Waals surface area (Å²) in [5.74, 6) is 0. The van der Waals surface area contributed by atoms with E-state index in [0.29, 0.717) is 0 Å². The minimum Gasteiger partial charge on any atom is -0.229 e. The summed E-state index contributed by atoms with van der Waals surface area (Å²) in [5, 5.41) is 3.29. The first-order valence-corrected chi connectivity index (χ1v) is 13.6. The number of hydrogen-bond acceptors (Lipinski definition) is 1. The van der Waals surface area contributed by atoms with Crippen LogP contribution in [0, 0.1) is 0 Å². The molecule has 0 N–H and O–H groups in total.